The van der Waals surface area contributed by atoms with Gasteiger partial charge in [0.15, 0.2) is 11.5 Å². The van der Waals surface area contributed by atoms with Crippen LogP contribution in [0.25, 0.3) is 0 Å². The number of ether oxygens (including phenoxy) is 2. The molecule has 0 bridgehead atoms. The van der Waals surface area contributed by atoms with Gasteiger partial charge in [-0.25, -0.2) is 4.39 Å². The van der Waals surface area contributed by atoms with Crippen LogP contribution in [0.4, 0.5) is 4.39 Å². The highest BCUT2D eigenvalue weighted by Gasteiger charge is 2.12. The standard InChI is InChI=1S/C21H27BrFNO2.ClH/c1-3-4-5-6-11-24-14-17-12-19(22)21(20(13-17)25-2)26-15-16-7-9-18(23)10-8-16;/h7-10,12-13,24H,3-6,11,14-15H2,1-2H3;1H. The summed E-state index contributed by atoms with van der Waals surface area (Å²) in [5, 5.41) is 3.47. The van der Waals surface area contributed by atoms with Crippen molar-refractivity contribution in [1.29, 1.82) is 0 Å². The van der Waals surface area contributed by atoms with Crippen LogP contribution in [0.1, 0.15) is 43.7 Å². The second kappa shape index (κ2) is 13.0. The van der Waals surface area contributed by atoms with E-state index in [1.807, 2.05) is 12.1 Å². The van der Waals surface area contributed by atoms with Gasteiger partial charge < -0.3 is 14.8 Å². The molecule has 0 spiro atoms. The predicted octanol–water partition coefficient (Wildman–Crippen LogP) is 6.27. The highest BCUT2D eigenvalue weighted by atomic mass is 79.9. The number of hydrogen-bond acceptors (Lipinski definition) is 3. The van der Waals surface area contributed by atoms with Crippen molar-refractivity contribution >= 4 is 28.3 Å². The largest absolute Gasteiger partial charge is 0.493 e. The molecule has 6 heteroatoms. The molecule has 3 nitrogen and oxygen atoms in total. The Labute approximate surface area is 176 Å². The van der Waals surface area contributed by atoms with E-state index < -0.39 is 0 Å². The van der Waals surface area contributed by atoms with E-state index in [-0.39, 0.29) is 18.2 Å². The van der Waals surface area contributed by atoms with Gasteiger partial charge >= 0.3 is 0 Å². The van der Waals surface area contributed by atoms with Crippen molar-refractivity contribution in [2.24, 2.45) is 0 Å². The summed E-state index contributed by atoms with van der Waals surface area (Å²) < 4.78 is 25.2. The van der Waals surface area contributed by atoms with Crippen LogP contribution in [0, 0.1) is 5.82 Å². The van der Waals surface area contributed by atoms with Crippen molar-refractivity contribution in [3.63, 3.8) is 0 Å². The quantitative estimate of drug-likeness (QED) is 0.401. The lowest BCUT2D eigenvalue weighted by Crippen LogP contribution is -2.14. The molecule has 150 valence electrons. The molecule has 1 N–H and O–H groups in total. The van der Waals surface area contributed by atoms with Gasteiger partial charge in [-0.3, -0.25) is 0 Å². The number of halogens is 3. The molecule has 0 atom stereocenters. The molecular formula is C21H28BrClFNO2. The third-order valence-corrected chi connectivity index (χ3v) is 4.71. The number of rotatable bonds is 11. The summed E-state index contributed by atoms with van der Waals surface area (Å²) in [5.41, 5.74) is 2.04. The van der Waals surface area contributed by atoms with Crippen LogP contribution in [0.3, 0.4) is 0 Å². The Morgan fingerprint density at radius 2 is 1.78 bits per heavy atom. The van der Waals surface area contributed by atoms with Crippen LogP contribution in [0.2, 0.25) is 0 Å². The molecule has 27 heavy (non-hydrogen) atoms. The van der Waals surface area contributed by atoms with Crippen LogP contribution in [0.15, 0.2) is 40.9 Å². The van der Waals surface area contributed by atoms with Crippen LogP contribution >= 0.6 is 28.3 Å². The molecule has 0 fully saturated rings. The Morgan fingerprint density at radius 1 is 1.04 bits per heavy atom. The van der Waals surface area contributed by atoms with Crippen LogP contribution < -0.4 is 14.8 Å². The van der Waals surface area contributed by atoms with Gasteiger partial charge in [0.05, 0.1) is 11.6 Å². The van der Waals surface area contributed by atoms with Crippen molar-refractivity contribution in [2.45, 2.75) is 45.8 Å². The maximum absolute atomic E-state index is 13.0. The topological polar surface area (TPSA) is 30.5 Å². The summed E-state index contributed by atoms with van der Waals surface area (Å²) in [4.78, 5) is 0. The van der Waals surface area contributed by atoms with Crippen molar-refractivity contribution in [3.05, 3.63) is 57.8 Å². The molecule has 0 unspecified atom stereocenters. The lowest BCUT2D eigenvalue weighted by atomic mass is 10.2. The maximum atomic E-state index is 13.0. The molecule has 2 aromatic rings. The Hall–Kier alpha value is -1.30. The van der Waals surface area contributed by atoms with E-state index in [0.717, 1.165) is 28.7 Å². The fraction of sp³-hybridized carbons (Fsp3) is 0.429. The van der Waals surface area contributed by atoms with Crippen LogP contribution in [0.5, 0.6) is 11.5 Å². The summed E-state index contributed by atoms with van der Waals surface area (Å²) in [6, 6.07) is 10.3. The fourth-order valence-electron chi connectivity index (χ4n) is 2.66. The van der Waals surface area contributed by atoms with E-state index in [4.69, 9.17) is 9.47 Å². The Balaban J connectivity index is 0.00000364. The average molecular weight is 461 g/mol. The van der Waals surface area contributed by atoms with Crippen molar-refractivity contribution in [2.75, 3.05) is 13.7 Å². The van der Waals surface area contributed by atoms with Gasteiger partial charge in [-0.15, -0.1) is 12.4 Å². The molecule has 2 rings (SSSR count). The molecule has 0 aliphatic heterocycles. The summed E-state index contributed by atoms with van der Waals surface area (Å²) in [6.45, 7) is 4.38. The number of nitrogens with one attached hydrogen (secondary N) is 1. The minimum Gasteiger partial charge on any atom is -0.493 e. The molecule has 2 aromatic carbocycles. The Bertz CT molecular complexity index is 683. The van der Waals surface area contributed by atoms with Crippen molar-refractivity contribution < 1.29 is 13.9 Å². The predicted molar refractivity (Wildman–Crippen MR) is 115 cm³/mol. The summed E-state index contributed by atoms with van der Waals surface area (Å²) in [6.07, 6.45) is 5.02. The van der Waals surface area contributed by atoms with Crippen molar-refractivity contribution in [1.82, 2.24) is 5.32 Å². The van der Waals surface area contributed by atoms with Gasteiger partial charge in [0.2, 0.25) is 0 Å². The highest BCUT2D eigenvalue weighted by molar-refractivity contribution is 9.10. The summed E-state index contributed by atoms with van der Waals surface area (Å²) in [5.74, 6) is 1.09. The lowest BCUT2D eigenvalue weighted by molar-refractivity contribution is 0.282. The van der Waals surface area contributed by atoms with Gasteiger partial charge in [-0.05, 0) is 64.3 Å². The zero-order valence-electron chi connectivity index (χ0n) is 15.9. The summed E-state index contributed by atoms with van der Waals surface area (Å²) in [7, 11) is 1.63. The number of methoxy groups -OCH3 is 1. The lowest BCUT2D eigenvalue weighted by Gasteiger charge is -2.15. The normalized spacial score (nSPS) is 10.4. The zero-order chi connectivity index (χ0) is 18.8. The molecular weight excluding hydrogens is 433 g/mol. The molecule has 0 aromatic heterocycles. The van der Waals surface area contributed by atoms with Gasteiger partial charge in [0.1, 0.15) is 12.4 Å². The van der Waals surface area contributed by atoms with E-state index in [9.17, 15) is 4.39 Å². The third kappa shape index (κ3) is 8.08. The number of unbranched alkanes of at least 4 members (excludes halogenated alkanes) is 3. The van der Waals surface area contributed by atoms with Crippen LogP contribution in [-0.2, 0) is 13.2 Å². The number of benzene rings is 2. The van der Waals surface area contributed by atoms with E-state index >= 15 is 0 Å². The Kier molecular flexibility index (Phi) is 11.4. The molecule has 0 radical (unpaired) electrons. The van der Waals surface area contributed by atoms with Gasteiger partial charge in [0, 0.05) is 6.54 Å². The van der Waals surface area contributed by atoms with E-state index in [0.29, 0.717) is 18.1 Å². The zero-order valence-corrected chi connectivity index (χ0v) is 18.3. The van der Waals surface area contributed by atoms with E-state index in [1.54, 1.807) is 19.2 Å². The smallest absolute Gasteiger partial charge is 0.175 e. The molecule has 0 saturated heterocycles. The van der Waals surface area contributed by atoms with Gasteiger partial charge in [-0.2, -0.15) is 0 Å². The average Bonchev–Trinajstić information content (AvgIpc) is 2.64. The minimum atomic E-state index is -0.251. The monoisotopic (exact) mass is 459 g/mol. The number of hydrogen-bond donors (Lipinski definition) is 1. The van der Waals surface area contributed by atoms with Gasteiger partial charge in [0.25, 0.3) is 0 Å². The molecule has 0 amide bonds. The SMILES string of the molecule is CCCCCCNCc1cc(Br)c(OCc2ccc(F)cc2)c(OC)c1.Cl. The first-order chi connectivity index (χ1) is 12.6. The molecule has 0 aliphatic carbocycles. The Morgan fingerprint density at radius 3 is 2.44 bits per heavy atom. The van der Waals surface area contributed by atoms with Gasteiger partial charge in [-0.1, -0.05) is 38.3 Å². The van der Waals surface area contributed by atoms with E-state index in [1.165, 1.54) is 37.8 Å². The minimum absolute atomic E-state index is 0. The highest BCUT2D eigenvalue weighted by Crippen LogP contribution is 2.37. The maximum Gasteiger partial charge on any atom is 0.175 e. The first-order valence-corrected chi connectivity index (χ1v) is 9.87. The second-order valence-corrected chi connectivity index (χ2v) is 7.12. The molecule has 0 heterocycles. The third-order valence-electron chi connectivity index (χ3n) is 4.12. The molecule has 0 saturated carbocycles. The first-order valence-electron chi connectivity index (χ1n) is 9.08. The van der Waals surface area contributed by atoms with Crippen LogP contribution in [-0.4, -0.2) is 13.7 Å². The first kappa shape index (κ1) is 23.7. The summed E-state index contributed by atoms with van der Waals surface area (Å²) >= 11 is 3.57. The van der Waals surface area contributed by atoms with E-state index in [2.05, 4.69) is 28.2 Å². The second-order valence-electron chi connectivity index (χ2n) is 6.26. The molecule has 0 aliphatic rings. The van der Waals surface area contributed by atoms with Crippen molar-refractivity contribution in [3.8, 4) is 11.5 Å². The fourth-order valence-corrected chi connectivity index (χ4v) is 3.26.